The van der Waals surface area contributed by atoms with Gasteiger partial charge in [-0.2, -0.15) is 0 Å². The lowest BCUT2D eigenvalue weighted by atomic mass is 10.2. The maximum atomic E-state index is 12.4. The molecule has 1 heterocycles. The van der Waals surface area contributed by atoms with E-state index in [1.54, 1.807) is 12.1 Å². The van der Waals surface area contributed by atoms with E-state index in [4.69, 9.17) is 5.73 Å². The number of sulfonamides is 1. The SMILES string of the molecule is CC(N)CCNC(=O)c1cccc(S(=O)(=O)NCc2cccs2)c1. The molecule has 1 aromatic heterocycles. The zero-order valence-corrected chi connectivity index (χ0v) is 15.0. The van der Waals surface area contributed by atoms with Crippen LogP contribution in [0.2, 0.25) is 0 Å². The minimum absolute atomic E-state index is 0.00142. The molecule has 0 saturated carbocycles. The molecule has 0 aliphatic carbocycles. The molecule has 1 atom stereocenters. The molecule has 6 nitrogen and oxygen atoms in total. The van der Waals surface area contributed by atoms with Gasteiger partial charge in [-0.25, -0.2) is 13.1 Å². The van der Waals surface area contributed by atoms with Gasteiger partial charge in [-0.1, -0.05) is 12.1 Å². The van der Waals surface area contributed by atoms with Crippen LogP contribution in [0.3, 0.4) is 0 Å². The van der Waals surface area contributed by atoms with Crippen molar-refractivity contribution in [3.8, 4) is 0 Å². The quantitative estimate of drug-likeness (QED) is 0.661. The van der Waals surface area contributed by atoms with E-state index in [0.29, 0.717) is 18.5 Å². The molecule has 0 aliphatic heterocycles. The molecule has 0 spiro atoms. The average Bonchev–Trinajstić information content (AvgIpc) is 3.06. The normalized spacial score (nSPS) is 12.8. The number of hydrogen-bond donors (Lipinski definition) is 3. The first kappa shape index (κ1) is 18.6. The molecule has 2 aromatic rings. The van der Waals surface area contributed by atoms with Crippen molar-refractivity contribution in [2.75, 3.05) is 6.54 Å². The Kier molecular flexibility index (Phi) is 6.50. The first-order valence-electron chi connectivity index (χ1n) is 7.54. The molecule has 1 aromatic carbocycles. The van der Waals surface area contributed by atoms with Crippen LogP contribution in [0.4, 0.5) is 0 Å². The van der Waals surface area contributed by atoms with Crippen LogP contribution in [0.25, 0.3) is 0 Å². The van der Waals surface area contributed by atoms with Gasteiger partial charge in [0.1, 0.15) is 0 Å². The van der Waals surface area contributed by atoms with E-state index in [1.165, 1.54) is 23.5 Å². The van der Waals surface area contributed by atoms with E-state index in [-0.39, 0.29) is 23.4 Å². The first-order valence-corrected chi connectivity index (χ1v) is 9.90. The molecule has 8 heteroatoms. The maximum Gasteiger partial charge on any atom is 0.251 e. The lowest BCUT2D eigenvalue weighted by Gasteiger charge is -2.09. The summed E-state index contributed by atoms with van der Waals surface area (Å²) in [7, 11) is -3.67. The van der Waals surface area contributed by atoms with E-state index in [1.807, 2.05) is 24.4 Å². The van der Waals surface area contributed by atoms with Crippen molar-refractivity contribution in [2.45, 2.75) is 30.8 Å². The van der Waals surface area contributed by atoms with Crippen molar-refractivity contribution in [1.29, 1.82) is 0 Å². The molecule has 4 N–H and O–H groups in total. The minimum atomic E-state index is -3.67. The highest BCUT2D eigenvalue weighted by Crippen LogP contribution is 2.14. The van der Waals surface area contributed by atoms with E-state index < -0.39 is 10.0 Å². The van der Waals surface area contributed by atoms with Gasteiger partial charge in [-0.15, -0.1) is 11.3 Å². The van der Waals surface area contributed by atoms with Gasteiger partial charge in [-0.05, 0) is 43.0 Å². The molecule has 0 saturated heterocycles. The van der Waals surface area contributed by atoms with Crippen molar-refractivity contribution >= 4 is 27.3 Å². The molecule has 0 fully saturated rings. The van der Waals surface area contributed by atoms with E-state index in [2.05, 4.69) is 10.0 Å². The van der Waals surface area contributed by atoms with Gasteiger partial charge in [0.2, 0.25) is 10.0 Å². The number of rotatable bonds is 8. The fraction of sp³-hybridized carbons (Fsp3) is 0.312. The van der Waals surface area contributed by atoms with Crippen molar-refractivity contribution in [1.82, 2.24) is 10.0 Å². The maximum absolute atomic E-state index is 12.4. The summed E-state index contributed by atoms with van der Waals surface area (Å²) in [6, 6.07) is 9.70. The summed E-state index contributed by atoms with van der Waals surface area (Å²) in [5.74, 6) is -0.314. The largest absolute Gasteiger partial charge is 0.352 e. The molecular weight excluding hydrogens is 346 g/mol. The summed E-state index contributed by atoms with van der Waals surface area (Å²) < 4.78 is 27.2. The Bertz CT molecular complexity index is 772. The highest BCUT2D eigenvalue weighted by atomic mass is 32.2. The van der Waals surface area contributed by atoms with Gasteiger partial charge >= 0.3 is 0 Å². The highest BCUT2D eigenvalue weighted by Gasteiger charge is 2.16. The predicted octanol–water partition coefficient (Wildman–Crippen LogP) is 1.69. The Balaban J connectivity index is 2.04. The van der Waals surface area contributed by atoms with Gasteiger partial charge in [0, 0.05) is 29.6 Å². The van der Waals surface area contributed by atoms with Gasteiger partial charge < -0.3 is 11.1 Å². The number of carbonyl (C=O) groups excluding carboxylic acids is 1. The lowest BCUT2D eigenvalue weighted by Crippen LogP contribution is -2.29. The third-order valence-electron chi connectivity index (χ3n) is 3.31. The van der Waals surface area contributed by atoms with E-state index in [0.717, 1.165) is 4.88 Å². The fourth-order valence-electron chi connectivity index (χ4n) is 1.98. The average molecular weight is 367 g/mol. The van der Waals surface area contributed by atoms with Gasteiger partial charge in [0.25, 0.3) is 5.91 Å². The second kappa shape index (κ2) is 8.39. The predicted molar refractivity (Wildman–Crippen MR) is 95.4 cm³/mol. The molecule has 1 amide bonds. The monoisotopic (exact) mass is 367 g/mol. The smallest absolute Gasteiger partial charge is 0.251 e. The molecule has 1 unspecified atom stereocenters. The second-order valence-electron chi connectivity index (χ2n) is 5.45. The van der Waals surface area contributed by atoms with Gasteiger partial charge in [0.05, 0.1) is 4.90 Å². The van der Waals surface area contributed by atoms with E-state index in [9.17, 15) is 13.2 Å². The van der Waals surface area contributed by atoms with Crippen LogP contribution in [-0.2, 0) is 16.6 Å². The molecular formula is C16H21N3O3S2. The number of nitrogens with one attached hydrogen (secondary N) is 2. The van der Waals surface area contributed by atoms with Crippen LogP contribution in [0.1, 0.15) is 28.6 Å². The lowest BCUT2D eigenvalue weighted by molar-refractivity contribution is 0.0952. The fourth-order valence-corrected chi connectivity index (χ4v) is 3.77. The Morgan fingerprint density at radius 2 is 2.08 bits per heavy atom. The van der Waals surface area contributed by atoms with Crippen molar-refractivity contribution < 1.29 is 13.2 Å². The van der Waals surface area contributed by atoms with Crippen molar-refractivity contribution in [3.05, 3.63) is 52.2 Å². The van der Waals surface area contributed by atoms with Crippen LogP contribution in [0, 0.1) is 0 Å². The first-order chi connectivity index (χ1) is 11.4. The van der Waals surface area contributed by atoms with Crippen LogP contribution in [0.5, 0.6) is 0 Å². The standard InChI is InChI=1S/C16H21N3O3S2/c1-12(17)7-8-18-16(20)13-4-2-6-15(10-13)24(21,22)19-11-14-5-3-9-23-14/h2-6,9-10,12,19H,7-8,11,17H2,1H3,(H,18,20). The topological polar surface area (TPSA) is 101 Å². The van der Waals surface area contributed by atoms with Gasteiger partial charge in [-0.3, -0.25) is 4.79 Å². The molecule has 24 heavy (non-hydrogen) atoms. The third kappa shape index (κ3) is 5.41. The number of thiophene rings is 1. The van der Waals surface area contributed by atoms with Crippen molar-refractivity contribution in [2.24, 2.45) is 5.73 Å². The molecule has 130 valence electrons. The number of carbonyl (C=O) groups is 1. The Labute approximate surface area is 146 Å². The zero-order valence-electron chi connectivity index (χ0n) is 13.4. The molecule has 0 radical (unpaired) electrons. The molecule has 2 rings (SSSR count). The highest BCUT2D eigenvalue weighted by molar-refractivity contribution is 7.89. The Hall–Kier alpha value is -1.74. The van der Waals surface area contributed by atoms with Crippen LogP contribution >= 0.6 is 11.3 Å². The number of hydrogen-bond acceptors (Lipinski definition) is 5. The number of benzene rings is 1. The summed E-state index contributed by atoms with van der Waals surface area (Å²) in [6.07, 6.45) is 0.659. The third-order valence-corrected chi connectivity index (χ3v) is 5.58. The van der Waals surface area contributed by atoms with Gasteiger partial charge in [0.15, 0.2) is 0 Å². The second-order valence-corrected chi connectivity index (χ2v) is 8.25. The van der Waals surface area contributed by atoms with Crippen LogP contribution in [0.15, 0.2) is 46.7 Å². The summed E-state index contributed by atoms with van der Waals surface area (Å²) in [4.78, 5) is 13.1. The zero-order chi connectivity index (χ0) is 17.6. The molecule has 0 aliphatic rings. The summed E-state index contributed by atoms with van der Waals surface area (Å²) >= 11 is 1.48. The van der Waals surface area contributed by atoms with Crippen LogP contribution in [-0.4, -0.2) is 26.9 Å². The summed E-state index contributed by atoms with van der Waals surface area (Å²) in [6.45, 7) is 2.54. The van der Waals surface area contributed by atoms with E-state index >= 15 is 0 Å². The molecule has 0 bridgehead atoms. The Morgan fingerprint density at radius 3 is 2.75 bits per heavy atom. The summed E-state index contributed by atoms with van der Waals surface area (Å²) in [5.41, 5.74) is 5.94. The number of nitrogens with two attached hydrogens (primary N) is 1. The number of amides is 1. The van der Waals surface area contributed by atoms with Crippen LogP contribution < -0.4 is 15.8 Å². The Morgan fingerprint density at radius 1 is 1.29 bits per heavy atom. The minimum Gasteiger partial charge on any atom is -0.352 e. The van der Waals surface area contributed by atoms with Crippen molar-refractivity contribution in [3.63, 3.8) is 0 Å². The summed E-state index contributed by atoms with van der Waals surface area (Å²) in [5, 5.41) is 4.62.